The van der Waals surface area contributed by atoms with Crippen molar-refractivity contribution in [1.82, 2.24) is 5.32 Å². The highest BCUT2D eigenvalue weighted by molar-refractivity contribution is 6.06. The van der Waals surface area contributed by atoms with Crippen LogP contribution in [0.5, 0.6) is 5.75 Å². The molecule has 0 aromatic heterocycles. The molecule has 30 heavy (non-hydrogen) atoms. The number of carbonyl (C=O) groups is 3. The van der Waals surface area contributed by atoms with E-state index in [1.807, 2.05) is 19.1 Å². The molecule has 1 amide bonds. The topological polar surface area (TPSA) is 103 Å². The fourth-order valence-corrected chi connectivity index (χ4v) is 3.13. The number of aryl methyl sites for hydroxylation is 1. The molecule has 160 valence electrons. The Morgan fingerprint density at radius 2 is 1.93 bits per heavy atom. The van der Waals surface area contributed by atoms with Gasteiger partial charge in [-0.1, -0.05) is 6.07 Å². The Balaban J connectivity index is 1.82. The number of ether oxygens (including phenoxy) is 4. The summed E-state index contributed by atoms with van der Waals surface area (Å²) in [4.78, 5) is 37.1. The van der Waals surface area contributed by atoms with Gasteiger partial charge in [0.2, 0.25) is 6.10 Å². The lowest BCUT2D eigenvalue weighted by molar-refractivity contribution is -0.145. The first-order chi connectivity index (χ1) is 14.3. The molecule has 0 saturated carbocycles. The van der Waals surface area contributed by atoms with Crippen molar-refractivity contribution >= 4 is 28.6 Å². The zero-order chi connectivity index (χ0) is 21.9. The predicted molar refractivity (Wildman–Crippen MR) is 108 cm³/mol. The Kier molecular flexibility index (Phi) is 6.26. The average Bonchev–Trinajstić information content (AvgIpc) is 3.48. The summed E-state index contributed by atoms with van der Waals surface area (Å²) < 4.78 is 21.0. The average molecular weight is 415 g/mol. The first-order valence-corrected chi connectivity index (χ1v) is 9.64. The smallest absolute Gasteiger partial charge is 0.339 e. The number of amides is 1. The fraction of sp³-hybridized carbons (Fsp3) is 0.409. The third-order valence-corrected chi connectivity index (χ3v) is 4.99. The van der Waals surface area contributed by atoms with Crippen LogP contribution in [0.3, 0.4) is 0 Å². The van der Waals surface area contributed by atoms with Gasteiger partial charge in [-0.3, -0.25) is 9.59 Å². The summed E-state index contributed by atoms with van der Waals surface area (Å²) in [6, 6.07) is 8.85. The van der Waals surface area contributed by atoms with Crippen LogP contribution in [0.1, 0.15) is 29.8 Å². The normalized spacial score (nSPS) is 18.4. The quantitative estimate of drug-likeness (QED) is 0.520. The van der Waals surface area contributed by atoms with Crippen LogP contribution in [-0.4, -0.2) is 56.4 Å². The Morgan fingerprint density at radius 3 is 2.57 bits per heavy atom. The van der Waals surface area contributed by atoms with Crippen molar-refractivity contribution in [1.29, 1.82) is 0 Å². The highest BCUT2D eigenvalue weighted by Crippen LogP contribution is 2.34. The predicted octanol–water partition coefficient (Wildman–Crippen LogP) is 2.15. The summed E-state index contributed by atoms with van der Waals surface area (Å²) in [7, 11) is 1.57. The molecule has 0 unspecified atom stereocenters. The molecule has 1 fully saturated rings. The van der Waals surface area contributed by atoms with E-state index in [1.54, 1.807) is 39.2 Å². The molecule has 0 bridgehead atoms. The third-order valence-electron chi connectivity index (χ3n) is 4.99. The molecule has 2 atom stereocenters. The molecule has 1 aliphatic heterocycles. The minimum Gasteiger partial charge on any atom is -0.497 e. The number of hydrogen-bond donors (Lipinski definition) is 1. The lowest BCUT2D eigenvalue weighted by atomic mass is 9.99. The zero-order valence-electron chi connectivity index (χ0n) is 17.4. The van der Waals surface area contributed by atoms with Gasteiger partial charge in [0, 0.05) is 0 Å². The number of esters is 2. The first kappa shape index (κ1) is 21.6. The van der Waals surface area contributed by atoms with Gasteiger partial charge in [0.25, 0.3) is 5.91 Å². The summed E-state index contributed by atoms with van der Waals surface area (Å²) in [5.41, 5.74) is 0.366. The number of rotatable bonds is 8. The van der Waals surface area contributed by atoms with Crippen LogP contribution in [0.25, 0.3) is 10.8 Å². The highest BCUT2D eigenvalue weighted by Gasteiger charge is 2.53. The zero-order valence-corrected chi connectivity index (χ0v) is 17.4. The van der Waals surface area contributed by atoms with Gasteiger partial charge in [0.1, 0.15) is 17.9 Å². The maximum Gasteiger partial charge on any atom is 0.339 e. The Morgan fingerprint density at radius 1 is 1.20 bits per heavy atom. The van der Waals surface area contributed by atoms with Crippen molar-refractivity contribution in [2.24, 2.45) is 0 Å². The maximum absolute atomic E-state index is 13.0. The number of fused-ring (bicyclic) bond motifs is 1. The van der Waals surface area contributed by atoms with Gasteiger partial charge >= 0.3 is 11.9 Å². The van der Waals surface area contributed by atoms with E-state index in [-0.39, 0.29) is 19.8 Å². The Bertz CT molecular complexity index is 981. The van der Waals surface area contributed by atoms with Gasteiger partial charge in [0.05, 0.1) is 25.9 Å². The number of benzene rings is 2. The number of hydrogen-bond acceptors (Lipinski definition) is 7. The van der Waals surface area contributed by atoms with E-state index in [0.717, 1.165) is 10.9 Å². The molecule has 0 aliphatic carbocycles. The van der Waals surface area contributed by atoms with Crippen LogP contribution in [0, 0.1) is 6.92 Å². The van der Waals surface area contributed by atoms with E-state index < -0.39 is 29.6 Å². The molecule has 1 heterocycles. The molecular formula is C22H25NO7. The van der Waals surface area contributed by atoms with Gasteiger partial charge < -0.3 is 24.3 Å². The maximum atomic E-state index is 13.0. The summed E-state index contributed by atoms with van der Waals surface area (Å²) in [6.45, 7) is 5.44. The lowest BCUT2D eigenvalue weighted by Gasteiger charge is -2.21. The van der Waals surface area contributed by atoms with Crippen LogP contribution in [0.4, 0.5) is 0 Å². The van der Waals surface area contributed by atoms with Crippen LogP contribution in [0.2, 0.25) is 0 Å². The largest absolute Gasteiger partial charge is 0.497 e. The van der Waals surface area contributed by atoms with Crippen molar-refractivity contribution in [2.45, 2.75) is 32.5 Å². The monoisotopic (exact) mass is 415 g/mol. The van der Waals surface area contributed by atoms with Crippen LogP contribution in [0.15, 0.2) is 30.3 Å². The molecular weight excluding hydrogens is 390 g/mol. The minimum atomic E-state index is -1.20. The second kappa shape index (κ2) is 8.71. The Labute approximate surface area is 174 Å². The van der Waals surface area contributed by atoms with Gasteiger partial charge in [-0.15, -0.1) is 0 Å². The van der Waals surface area contributed by atoms with Crippen molar-refractivity contribution in [3.63, 3.8) is 0 Å². The van der Waals surface area contributed by atoms with Gasteiger partial charge in [-0.05, 0) is 61.4 Å². The lowest BCUT2D eigenvalue weighted by Crippen LogP contribution is -2.47. The highest BCUT2D eigenvalue weighted by atomic mass is 16.6. The van der Waals surface area contributed by atoms with Crippen molar-refractivity contribution < 1.29 is 33.3 Å². The van der Waals surface area contributed by atoms with Crippen LogP contribution >= 0.6 is 0 Å². The summed E-state index contributed by atoms with van der Waals surface area (Å²) in [6.07, 6.45) is -1.20. The summed E-state index contributed by atoms with van der Waals surface area (Å²) in [5, 5.41) is 3.98. The molecule has 2 aromatic carbocycles. The molecule has 8 nitrogen and oxygen atoms in total. The number of carbonyl (C=O) groups excluding carboxylic acids is 3. The molecule has 0 radical (unpaired) electrons. The van der Waals surface area contributed by atoms with E-state index in [1.165, 1.54) is 0 Å². The van der Waals surface area contributed by atoms with E-state index in [2.05, 4.69) is 5.32 Å². The third kappa shape index (κ3) is 4.54. The second-order valence-electron chi connectivity index (χ2n) is 7.25. The SMILES string of the molecule is CCOC(=O)CNC(=O)[C@@H](OC(=O)c1ccc(C)c2cc(OC)ccc12)[C@]1(C)CO1. The minimum absolute atomic E-state index is 0.208. The van der Waals surface area contributed by atoms with E-state index in [9.17, 15) is 14.4 Å². The molecule has 1 aliphatic rings. The van der Waals surface area contributed by atoms with E-state index >= 15 is 0 Å². The molecule has 3 rings (SSSR count). The molecule has 8 heteroatoms. The standard InChI is InChI=1S/C22H25NO7/c1-5-28-18(24)11-23-20(25)19(22(3)12-29-22)30-21(26)16-8-6-13(2)17-10-14(27-4)7-9-15(16)17/h6-10,19H,5,11-12H2,1-4H3,(H,23,25)/t19-,22+/m1/s1. The fourth-order valence-electron chi connectivity index (χ4n) is 3.13. The van der Waals surface area contributed by atoms with E-state index in [4.69, 9.17) is 18.9 Å². The van der Waals surface area contributed by atoms with Gasteiger partial charge in [-0.2, -0.15) is 0 Å². The van der Waals surface area contributed by atoms with Crippen molar-refractivity contribution in [3.8, 4) is 5.75 Å². The molecule has 1 saturated heterocycles. The van der Waals surface area contributed by atoms with Crippen LogP contribution in [-0.2, 0) is 23.8 Å². The summed E-state index contributed by atoms with van der Waals surface area (Å²) in [5.74, 6) is -1.17. The van der Waals surface area contributed by atoms with Crippen molar-refractivity contribution in [3.05, 3.63) is 41.5 Å². The molecule has 2 aromatic rings. The second-order valence-corrected chi connectivity index (χ2v) is 7.25. The first-order valence-electron chi connectivity index (χ1n) is 9.64. The Hall–Kier alpha value is -3.13. The molecule has 0 spiro atoms. The van der Waals surface area contributed by atoms with Crippen molar-refractivity contribution in [2.75, 3.05) is 26.9 Å². The molecule has 1 N–H and O–H groups in total. The van der Waals surface area contributed by atoms with Gasteiger partial charge in [-0.25, -0.2) is 4.79 Å². The number of methoxy groups -OCH3 is 1. The van der Waals surface area contributed by atoms with Gasteiger partial charge in [0.15, 0.2) is 0 Å². The summed E-state index contributed by atoms with van der Waals surface area (Å²) >= 11 is 0. The number of nitrogens with one attached hydrogen (secondary N) is 1. The van der Waals surface area contributed by atoms with E-state index in [0.29, 0.717) is 16.7 Å². The van der Waals surface area contributed by atoms with Crippen LogP contribution < -0.4 is 10.1 Å². The number of epoxide rings is 1.